The van der Waals surface area contributed by atoms with E-state index in [-0.39, 0.29) is 5.75 Å². The predicted molar refractivity (Wildman–Crippen MR) is 112 cm³/mol. The molecule has 2 aliphatic rings. The van der Waals surface area contributed by atoms with Crippen molar-refractivity contribution in [1.82, 2.24) is 10.2 Å². The molecule has 0 radical (unpaired) electrons. The summed E-state index contributed by atoms with van der Waals surface area (Å²) in [5.74, 6) is 1.11. The zero-order valence-corrected chi connectivity index (χ0v) is 17.5. The van der Waals surface area contributed by atoms with Gasteiger partial charge >= 0.3 is 0 Å². The van der Waals surface area contributed by atoms with Crippen LogP contribution in [0.1, 0.15) is 56.6 Å². The number of hydrogen-bond acceptors (Lipinski definition) is 3. The van der Waals surface area contributed by atoms with E-state index in [1.807, 2.05) is 24.3 Å². The third-order valence-corrected chi connectivity index (χ3v) is 6.71. The standard InChI is InChI=1S/C21H33N3O2S/c1-3-22-20(24-14-13-21(17-24)11-5-4-6-12-21)23-15-18-7-9-19(10-8-18)16-27(2,25)26/h7-10H,3-6,11-17H2,1-2H3,(H,22,23). The highest BCUT2D eigenvalue weighted by Gasteiger charge is 2.39. The summed E-state index contributed by atoms with van der Waals surface area (Å²) in [6.07, 6.45) is 9.43. The van der Waals surface area contributed by atoms with Crippen molar-refractivity contribution >= 4 is 15.8 Å². The summed E-state index contributed by atoms with van der Waals surface area (Å²) in [6.45, 7) is 5.83. The van der Waals surface area contributed by atoms with Crippen molar-refractivity contribution in [2.75, 3.05) is 25.9 Å². The van der Waals surface area contributed by atoms with Gasteiger partial charge in [0.15, 0.2) is 15.8 Å². The van der Waals surface area contributed by atoms with Gasteiger partial charge in [-0.2, -0.15) is 0 Å². The van der Waals surface area contributed by atoms with Crippen LogP contribution in [0, 0.1) is 5.41 Å². The lowest BCUT2D eigenvalue weighted by Crippen LogP contribution is -2.41. The number of sulfone groups is 1. The zero-order chi connectivity index (χ0) is 19.3. The normalized spacial score (nSPS) is 20.2. The lowest BCUT2D eigenvalue weighted by molar-refractivity contribution is 0.203. The van der Waals surface area contributed by atoms with Crippen LogP contribution < -0.4 is 5.32 Å². The maximum absolute atomic E-state index is 11.4. The molecule has 3 rings (SSSR count). The maximum atomic E-state index is 11.4. The summed E-state index contributed by atoms with van der Waals surface area (Å²) in [7, 11) is -2.99. The Morgan fingerprint density at radius 3 is 2.41 bits per heavy atom. The van der Waals surface area contributed by atoms with Gasteiger partial charge in [0, 0.05) is 25.9 Å². The summed E-state index contributed by atoms with van der Waals surface area (Å²) in [6, 6.07) is 7.76. The van der Waals surface area contributed by atoms with E-state index in [1.165, 1.54) is 44.8 Å². The first-order valence-electron chi connectivity index (χ1n) is 10.2. The summed E-state index contributed by atoms with van der Waals surface area (Å²) in [5.41, 5.74) is 2.45. The van der Waals surface area contributed by atoms with Crippen molar-refractivity contribution in [3.8, 4) is 0 Å². The number of nitrogens with one attached hydrogen (secondary N) is 1. The smallest absolute Gasteiger partial charge is 0.194 e. The summed E-state index contributed by atoms with van der Waals surface area (Å²) in [4.78, 5) is 7.30. The van der Waals surface area contributed by atoms with E-state index in [4.69, 9.17) is 4.99 Å². The van der Waals surface area contributed by atoms with E-state index < -0.39 is 9.84 Å². The van der Waals surface area contributed by atoms with E-state index in [0.29, 0.717) is 12.0 Å². The fourth-order valence-electron chi connectivity index (χ4n) is 4.46. The second-order valence-electron chi connectivity index (χ2n) is 8.29. The molecule has 1 aliphatic heterocycles. The van der Waals surface area contributed by atoms with Crippen LogP contribution in [0.3, 0.4) is 0 Å². The van der Waals surface area contributed by atoms with Gasteiger partial charge in [-0.3, -0.25) is 0 Å². The van der Waals surface area contributed by atoms with Crippen LogP contribution in [0.25, 0.3) is 0 Å². The number of hydrogen-bond donors (Lipinski definition) is 1. The molecule has 2 fully saturated rings. The van der Waals surface area contributed by atoms with Gasteiger partial charge in [-0.15, -0.1) is 0 Å². The molecule has 0 amide bonds. The van der Waals surface area contributed by atoms with Gasteiger partial charge in [0.1, 0.15) is 0 Å². The van der Waals surface area contributed by atoms with Gasteiger partial charge in [0.25, 0.3) is 0 Å². The molecule has 27 heavy (non-hydrogen) atoms. The maximum Gasteiger partial charge on any atom is 0.194 e. The van der Waals surface area contributed by atoms with Gasteiger partial charge in [-0.25, -0.2) is 13.4 Å². The molecule has 150 valence electrons. The highest BCUT2D eigenvalue weighted by atomic mass is 32.2. The van der Waals surface area contributed by atoms with Gasteiger partial charge in [-0.1, -0.05) is 43.5 Å². The average molecular weight is 392 g/mol. The van der Waals surface area contributed by atoms with Crippen molar-refractivity contribution in [3.05, 3.63) is 35.4 Å². The molecule has 0 unspecified atom stereocenters. The van der Waals surface area contributed by atoms with E-state index in [2.05, 4.69) is 17.1 Å². The van der Waals surface area contributed by atoms with E-state index in [9.17, 15) is 8.42 Å². The fourth-order valence-corrected chi connectivity index (χ4v) is 5.26. The molecule has 6 heteroatoms. The Morgan fingerprint density at radius 1 is 1.11 bits per heavy atom. The van der Waals surface area contributed by atoms with Crippen LogP contribution in [0.4, 0.5) is 0 Å². The Balaban J connectivity index is 1.64. The van der Waals surface area contributed by atoms with E-state index >= 15 is 0 Å². The van der Waals surface area contributed by atoms with E-state index in [0.717, 1.165) is 36.7 Å². The van der Waals surface area contributed by atoms with Crippen molar-refractivity contribution in [3.63, 3.8) is 0 Å². The Kier molecular flexibility index (Phi) is 6.45. The Labute approximate surface area is 164 Å². The molecule has 1 aromatic carbocycles. The summed E-state index contributed by atoms with van der Waals surface area (Å²) < 4.78 is 22.8. The molecule has 1 heterocycles. The monoisotopic (exact) mass is 391 g/mol. The minimum atomic E-state index is -2.99. The van der Waals surface area contributed by atoms with Crippen LogP contribution in [-0.2, 0) is 22.1 Å². The van der Waals surface area contributed by atoms with Crippen LogP contribution in [0.15, 0.2) is 29.3 Å². The zero-order valence-electron chi connectivity index (χ0n) is 16.7. The number of aliphatic imine (C=N–C) groups is 1. The van der Waals surface area contributed by atoms with Gasteiger partial charge in [0.05, 0.1) is 12.3 Å². The van der Waals surface area contributed by atoms with Gasteiger partial charge in [-0.05, 0) is 42.7 Å². The second-order valence-corrected chi connectivity index (χ2v) is 10.4. The molecule has 1 aromatic rings. The topological polar surface area (TPSA) is 61.8 Å². The van der Waals surface area contributed by atoms with E-state index in [1.54, 1.807) is 0 Å². The van der Waals surface area contributed by atoms with Crippen molar-refractivity contribution in [1.29, 1.82) is 0 Å². The number of likely N-dealkylation sites (tertiary alicyclic amines) is 1. The molecule has 0 aromatic heterocycles. The quantitative estimate of drug-likeness (QED) is 0.618. The Bertz CT molecular complexity index is 750. The first-order chi connectivity index (χ1) is 12.9. The number of nitrogens with zero attached hydrogens (tertiary/aromatic N) is 2. The molecule has 1 spiro atoms. The van der Waals surface area contributed by atoms with Crippen molar-refractivity contribution in [2.24, 2.45) is 10.4 Å². The first-order valence-corrected chi connectivity index (χ1v) is 12.2. The highest BCUT2D eigenvalue weighted by Crippen LogP contribution is 2.43. The molecular weight excluding hydrogens is 358 g/mol. The second kappa shape index (κ2) is 8.63. The van der Waals surface area contributed by atoms with Crippen molar-refractivity contribution in [2.45, 2.75) is 57.7 Å². The largest absolute Gasteiger partial charge is 0.357 e. The minimum Gasteiger partial charge on any atom is -0.357 e. The highest BCUT2D eigenvalue weighted by molar-refractivity contribution is 7.89. The third-order valence-electron chi connectivity index (χ3n) is 5.85. The number of benzene rings is 1. The lowest BCUT2D eigenvalue weighted by atomic mass is 9.73. The molecule has 1 saturated heterocycles. The first kappa shape index (κ1) is 20.2. The van der Waals surface area contributed by atoms with Crippen LogP contribution >= 0.6 is 0 Å². The Morgan fingerprint density at radius 2 is 1.78 bits per heavy atom. The molecule has 1 N–H and O–H groups in total. The minimum absolute atomic E-state index is 0.0923. The molecule has 0 bridgehead atoms. The van der Waals surface area contributed by atoms with Crippen LogP contribution in [-0.4, -0.2) is 45.2 Å². The number of guanidine groups is 1. The van der Waals surface area contributed by atoms with Crippen LogP contribution in [0.2, 0.25) is 0 Å². The molecule has 5 nitrogen and oxygen atoms in total. The Hall–Kier alpha value is -1.56. The summed E-state index contributed by atoms with van der Waals surface area (Å²) >= 11 is 0. The predicted octanol–water partition coefficient (Wildman–Crippen LogP) is 3.35. The SMILES string of the molecule is CCNC(=NCc1ccc(CS(C)(=O)=O)cc1)N1CCC2(CCCCC2)C1. The van der Waals surface area contributed by atoms with Gasteiger partial charge < -0.3 is 10.2 Å². The van der Waals surface area contributed by atoms with Crippen molar-refractivity contribution < 1.29 is 8.42 Å². The van der Waals surface area contributed by atoms with Gasteiger partial charge in [0.2, 0.25) is 0 Å². The lowest BCUT2D eigenvalue weighted by Gasteiger charge is -2.33. The average Bonchev–Trinajstić information content (AvgIpc) is 3.02. The fraction of sp³-hybridized carbons (Fsp3) is 0.667. The van der Waals surface area contributed by atoms with Crippen LogP contribution in [0.5, 0.6) is 0 Å². The molecular formula is C21H33N3O2S. The summed E-state index contributed by atoms with van der Waals surface area (Å²) in [5, 5.41) is 3.46. The molecule has 1 aliphatic carbocycles. The number of rotatable bonds is 5. The molecule has 1 saturated carbocycles. The molecule has 0 atom stereocenters. The third kappa shape index (κ3) is 5.71.